The number of nitro groups is 1. The van der Waals surface area contributed by atoms with Crippen molar-refractivity contribution in [2.45, 2.75) is 13.3 Å². The Labute approximate surface area is 101 Å². The molecule has 1 aromatic carbocycles. The Kier molecular flexibility index (Phi) is 7.11. The van der Waals surface area contributed by atoms with Gasteiger partial charge in [-0.05, 0) is 12.5 Å². The van der Waals surface area contributed by atoms with Crippen LogP contribution in [0.15, 0.2) is 24.3 Å². The van der Waals surface area contributed by atoms with E-state index in [1.54, 1.807) is 0 Å². The van der Waals surface area contributed by atoms with Crippen LogP contribution in [0.4, 0.5) is 5.69 Å². The van der Waals surface area contributed by atoms with Gasteiger partial charge in [-0.3, -0.25) is 10.1 Å². The smallest absolute Gasteiger partial charge is 0.342 e. The van der Waals surface area contributed by atoms with Crippen LogP contribution in [0.3, 0.4) is 0 Å². The van der Waals surface area contributed by atoms with E-state index in [0.29, 0.717) is 0 Å². The molecule has 1 rings (SSSR count). The lowest BCUT2D eigenvalue weighted by molar-refractivity contribution is -0.385. The van der Waals surface area contributed by atoms with Gasteiger partial charge in [0.05, 0.1) is 4.92 Å². The molecule has 0 heterocycles. The van der Waals surface area contributed by atoms with Gasteiger partial charge in [0, 0.05) is 11.4 Å². The number of halogens is 1. The van der Waals surface area contributed by atoms with Crippen molar-refractivity contribution >= 4 is 27.6 Å². The van der Waals surface area contributed by atoms with E-state index in [2.05, 4.69) is 22.9 Å². The molecule has 0 saturated heterocycles. The van der Waals surface area contributed by atoms with Crippen LogP contribution in [0.5, 0.6) is 0 Å². The van der Waals surface area contributed by atoms with Crippen molar-refractivity contribution in [3.05, 3.63) is 39.9 Å². The first-order valence-corrected chi connectivity index (χ1v) is 5.69. The van der Waals surface area contributed by atoms with Crippen LogP contribution < -0.4 is 0 Å². The zero-order valence-electron chi connectivity index (χ0n) is 8.72. The average Bonchev–Trinajstić information content (AvgIpc) is 2.29. The summed E-state index contributed by atoms with van der Waals surface area (Å²) in [4.78, 5) is 20.0. The Morgan fingerprint density at radius 3 is 2.31 bits per heavy atom. The summed E-state index contributed by atoms with van der Waals surface area (Å²) >= 11 is 3.25. The summed E-state index contributed by atoms with van der Waals surface area (Å²) in [7, 11) is 0. The summed E-state index contributed by atoms with van der Waals surface area (Å²) in [6.07, 6.45) is 1.24. The van der Waals surface area contributed by atoms with Gasteiger partial charge >= 0.3 is 5.97 Å². The highest BCUT2D eigenvalue weighted by molar-refractivity contribution is 9.09. The quantitative estimate of drug-likeness (QED) is 0.527. The number of rotatable bonds is 3. The molecule has 0 unspecified atom stereocenters. The summed E-state index contributed by atoms with van der Waals surface area (Å²) in [5.74, 6) is -1.29. The lowest BCUT2D eigenvalue weighted by Crippen LogP contribution is -2.01. The zero-order valence-corrected chi connectivity index (χ0v) is 10.3. The molecule has 0 aliphatic rings. The molecule has 0 amide bonds. The molecule has 0 bridgehead atoms. The number of hydrogen-bond acceptors (Lipinski definition) is 3. The van der Waals surface area contributed by atoms with Gasteiger partial charge in [-0.2, -0.15) is 0 Å². The topological polar surface area (TPSA) is 80.4 Å². The molecule has 0 radical (unpaired) electrons. The van der Waals surface area contributed by atoms with Crippen molar-refractivity contribution in [1.29, 1.82) is 0 Å². The van der Waals surface area contributed by atoms with Gasteiger partial charge in [0.15, 0.2) is 0 Å². The third kappa shape index (κ3) is 4.88. The summed E-state index contributed by atoms with van der Waals surface area (Å²) in [5, 5.41) is 19.9. The lowest BCUT2D eigenvalue weighted by Gasteiger charge is -1.94. The maximum atomic E-state index is 10.4. The van der Waals surface area contributed by atoms with Gasteiger partial charge in [0.2, 0.25) is 0 Å². The minimum Gasteiger partial charge on any atom is -0.477 e. The number of nitro benzene ring substituents is 1. The van der Waals surface area contributed by atoms with Crippen molar-refractivity contribution in [2.24, 2.45) is 0 Å². The number of carboxylic acid groups (broad SMARTS) is 1. The highest BCUT2D eigenvalue weighted by Gasteiger charge is 2.17. The summed E-state index contributed by atoms with van der Waals surface area (Å²) in [5.41, 5.74) is -0.674. The molecule has 0 fully saturated rings. The Bertz CT molecular complexity index is 333. The van der Waals surface area contributed by atoms with E-state index in [0.717, 1.165) is 11.4 Å². The number of carbonyl (C=O) groups is 1. The molecule has 5 nitrogen and oxygen atoms in total. The molecule has 1 aromatic rings. The van der Waals surface area contributed by atoms with Crippen molar-refractivity contribution in [3.63, 3.8) is 0 Å². The maximum Gasteiger partial charge on any atom is 0.342 e. The molecule has 88 valence electrons. The third-order valence-corrected chi connectivity index (χ3v) is 2.31. The van der Waals surface area contributed by atoms with Crippen molar-refractivity contribution in [3.8, 4) is 0 Å². The van der Waals surface area contributed by atoms with E-state index >= 15 is 0 Å². The number of hydrogen-bond donors (Lipinski definition) is 1. The standard InChI is InChI=1S/C7H5NO4.C3H7Br/c9-7(10)5-3-1-2-4-6(5)8(11)12;1-2-3-4/h1-4H,(H,9,10);2-3H2,1H3. The molecular formula is C10H12BrNO4. The monoisotopic (exact) mass is 289 g/mol. The Morgan fingerprint density at radius 2 is 2.00 bits per heavy atom. The fourth-order valence-corrected chi connectivity index (χ4v) is 0.814. The number of benzene rings is 1. The van der Waals surface area contributed by atoms with Gasteiger partial charge in [-0.1, -0.05) is 35.0 Å². The van der Waals surface area contributed by atoms with Gasteiger partial charge in [0.25, 0.3) is 5.69 Å². The Balaban J connectivity index is 0.000000487. The van der Waals surface area contributed by atoms with Crippen LogP contribution in [-0.2, 0) is 0 Å². The van der Waals surface area contributed by atoms with E-state index < -0.39 is 10.9 Å². The number of aromatic carboxylic acids is 1. The Hall–Kier alpha value is -1.43. The number of para-hydroxylation sites is 1. The third-order valence-electron chi connectivity index (χ3n) is 1.52. The van der Waals surface area contributed by atoms with Crippen LogP contribution in [0, 0.1) is 10.1 Å². The molecule has 0 atom stereocenters. The number of alkyl halides is 1. The highest BCUT2D eigenvalue weighted by Crippen LogP contribution is 2.16. The first kappa shape index (κ1) is 14.6. The second-order valence-electron chi connectivity index (χ2n) is 2.77. The van der Waals surface area contributed by atoms with E-state index in [1.807, 2.05) is 0 Å². The largest absolute Gasteiger partial charge is 0.477 e. The first-order valence-electron chi connectivity index (χ1n) is 4.57. The van der Waals surface area contributed by atoms with E-state index in [9.17, 15) is 14.9 Å². The van der Waals surface area contributed by atoms with Gasteiger partial charge in [0.1, 0.15) is 5.56 Å². The van der Waals surface area contributed by atoms with Crippen LogP contribution in [0.2, 0.25) is 0 Å². The fraction of sp³-hybridized carbons (Fsp3) is 0.300. The average molecular weight is 290 g/mol. The van der Waals surface area contributed by atoms with Crippen LogP contribution in [-0.4, -0.2) is 21.3 Å². The summed E-state index contributed by atoms with van der Waals surface area (Å²) < 4.78 is 0. The van der Waals surface area contributed by atoms with Gasteiger partial charge in [-0.15, -0.1) is 0 Å². The molecular weight excluding hydrogens is 278 g/mol. The SMILES string of the molecule is CCCBr.O=C(O)c1ccccc1[N+](=O)[O-]. The van der Waals surface area contributed by atoms with Crippen molar-refractivity contribution in [1.82, 2.24) is 0 Å². The van der Waals surface area contributed by atoms with Crippen molar-refractivity contribution < 1.29 is 14.8 Å². The molecule has 0 aromatic heterocycles. The number of carboxylic acids is 1. The summed E-state index contributed by atoms with van der Waals surface area (Å²) in [6.45, 7) is 2.13. The maximum absolute atomic E-state index is 10.4. The molecule has 0 saturated carbocycles. The zero-order chi connectivity index (χ0) is 12.6. The minimum atomic E-state index is -1.29. The van der Waals surface area contributed by atoms with Gasteiger partial charge in [-0.25, -0.2) is 4.79 Å². The van der Waals surface area contributed by atoms with Crippen LogP contribution >= 0.6 is 15.9 Å². The summed E-state index contributed by atoms with van der Waals surface area (Å²) in [6, 6.07) is 5.21. The number of nitrogens with zero attached hydrogens (tertiary/aromatic N) is 1. The highest BCUT2D eigenvalue weighted by atomic mass is 79.9. The predicted octanol–water partition coefficient (Wildman–Crippen LogP) is 3.08. The predicted molar refractivity (Wildman–Crippen MR) is 64.1 cm³/mol. The first-order chi connectivity index (χ1) is 7.54. The second kappa shape index (κ2) is 7.81. The molecule has 0 aliphatic heterocycles. The van der Waals surface area contributed by atoms with E-state index in [4.69, 9.17) is 5.11 Å². The minimum absolute atomic E-state index is 0.289. The lowest BCUT2D eigenvalue weighted by atomic mass is 10.2. The second-order valence-corrected chi connectivity index (χ2v) is 3.56. The van der Waals surface area contributed by atoms with Crippen molar-refractivity contribution in [2.75, 3.05) is 5.33 Å². The normalized spacial score (nSPS) is 8.88. The molecule has 16 heavy (non-hydrogen) atoms. The molecule has 1 N–H and O–H groups in total. The molecule has 0 spiro atoms. The Morgan fingerprint density at radius 1 is 1.50 bits per heavy atom. The van der Waals surface area contributed by atoms with E-state index in [-0.39, 0.29) is 11.3 Å². The van der Waals surface area contributed by atoms with Gasteiger partial charge < -0.3 is 5.11 Å². The molecule has 6 heteroatoms. The van der Waals surface area contributed by atoms with E-state index in [1.165, 1.54) is 24.6 Å². The van der Waals surface area contributed by atoms with Crippen LogP contribution in [0.25, 0.3) is 0 Å². The van der Waals surface area contributed by atoms with Crippen LogP contribution in [0.1, 0.15) is 23.7 Å². The fourth-order valence-electron chi connectivity index (χ4n) is 0.814. The molecule has 0 aliphatic carbocycles.